The van der Waals surface area contributed by atoms with Gasteiger partial charge < -0.3 is 10.2 Å². The predicted molar refractivity (Wildman–Crippen MR) is 140 cm³/mol. The molecule has 2 aromatic carbocycles. The molecule has 0 aromatic heterocycles. The first-order valence-corrected chi connectivity index (χ1v) is 13.6. The molecule has 1 heterocycles. The zero-order valence-electron chi connectivity index (χ0n) is 20.0. The van der Waals surface area contributed by atoms with Gasteiger partial charge in [-0.3, -0.25) is 9.59 Å². The molecule has 0 radical (unpaired) electrons. The molecule has 5 rings (SSSR count). The molecule has 2 amide bonds. The molecule has 3 fully saturated rings. The topological polar surface area (TPSA) is 49.4 Å². The van der Waals surface area contributed by atoms with E-state index in [0.717, 1.165) is 36.2 Å². The van der Waals surface area contributed by atoms with Crippen molar-refractivity contribution in [3.8, 4) is 0 Å². The summed E-state index contributed by atoms with van der Waals surface area (Å²) in [6, 6.07) is 16.8. The van der Waals surface area contributed by atoms with Crippen molar-refractivity contribution in [3.05, 3.63) is 75.7 Å². The highest BCUT2D eigenvalue weighted by Crippen LogP contribution is 2.42. The van der Waals surface area contributed by atoms with Crippen molar-refractivity contribution >= 4 is 29.7 Å². The number of nitrogens with one attached hydrogen (secondary N) is 1. The number of carbonyl (C=O) groups excluding carboxylic acids is 2. The van der Waals surface area contributed by atoms with Crippen molar-refractivity contribution in [1.82, 2.24) is 10.2 Å². The third-order valence-electron chi connectivity index (χ3n) is 7.45. The molecule has 2 unspecified atom stereocenters. The Bertz CT molecular complexity index is 1050. The molecule has 2 aromatic rings. The van der Waals surface area contributed by atoms with Crippen LogP contribution in [-0.4, -0.2) is 34.0 Å². The van der Waals surface area contributed by atoms with Crippen molar-refractivity contribution in [2.24, 2.45) is 0 Å². The Morgan fingerprint density at radius 3 is 2.38 bits per heavy atom. The van der Waals surface area contributed by atoms with Gasteiger partial charge in [0.15, 0.2) is 0 Å². The second-order valence-electron chi connectivity index (χ2n) is 10.0. The van der Waals surface area contributed by atoms with Crippen molar-refractivity contribution in [2.75, 3.05) is 0 Å². The first-order chi connectivity index (χ1) is 16.6. The number of aryl methyl sites for hydroxylation is 1. The standard InChI is InChI=1S/C29H34N2O2S/c1-20-10-12-22(13-11-20)19-31-25-8-4-5-9-26(25)34-27(29(31)33)18-21-14-16-23(17-15-21)28(32)30-24-6-2-3-7-24/h10-18,24-26H,2-9,19H2,1H3,(H,30,32)/b27-18+. The third-order valence-corrected chi connectivity index (χ3v) is 8.85. The monoisotopic (exact) mass is 474 g/mol. The molecule has 34 heavy (non-hydrogen) atoms. The number of hydrogen-bond acceptors (Lipinski definition) is 3. The number of fused-ring (bicyclic) bond motifs is 1. The lowest BCUT2D eigenvalue weighted by molar-refractivity contribution is -0.130. The summed E-state index contributed by atoms with van der Waals surface area (Å²) in [7, 11) is 0. The van der Waals surface area contributed by atoms with Crippen LogP contribution in [0.2, 0.25) is 0 Å². The molecule has 1 aliphatic heterocycles. The number of nitrogens with zero attached hydrogens (tertiary/aromatic N) is 1. The lowest BCUT2D eigenvalue weighted by Crippen LogP contribution is -2.50. The van der Waals surface area contributed by atoms with Gasteiger partial charge in [-0.05, 0) is 61.9 Å². The van der Waals surface area contributed by atoms with Gasteiger partial charge in [-0.15, -0.1) is 11.8 Å². The van der Waals surface area contributed by atoms with E-state index >= 15 is 0 Å². The van der Waals surface area contributed by atoms with Crippen LogP contribution in [0.5, 0.6) is 0 Å². The fraction of sp³-hybridized carbons (Fsp3) is 0.448. The Morgan fingerprint density at radius 2 is 1.65 bits per heavy atom. The fourth-order valence-electron chi connectivity index (χ4n) is 5.47. The van der Waals surface area contributed by atoms with Gasteiger partial charge in [-0.2, -0.15) is 0 Å². The van der Waals surface area contributed by atoms with Crippen LogP contribution in [0.3, 0.4) is 0 Å². The number of amides is 2. The molecule has 4 nitrogen and oxygen atoms in total. The largest absolute Gasteiger partial charge is 0.349 e. The number of thioether (sulfide) groups is 1. The fourth-order valence-corrected chi connectivity index (χ4v) is 6.95. The van der Waals surface area contributed by atoms with E-state index < -0.39 is 0 Å². The number of carbonyl (C=O) groups is 2. The second-order valence-corrected chi connectivity index (χ2v) is 11.3. The molecular weight excluding hydrogens is 440 g/mol. The first kappa shape index (κ1) is 23.2. The zero-order chi connectivity index (χ0) is 23.5. The molecule has 2 atom stereocenters. The maximum atomic E-state index is 13.6. The number of hydrogen-bond donors (Lipinski definition) is 1. The van der Waals surface area contributed by atoms with Gasteiger partial charge in [-0.25, -0.2) is 0 Å². The molecule has 5 heteroatoms. The van der Waals surface area contributed by atoms with E-state index in [0.29, 0.717) is 29.4 Å². The minimum absolute atomic E-state index is 0.00328. The number of rotatable bonds is 5. The zero-order valence-corrected chi connectivity index (χ0v) is 20.8. The summed E-state index contributed by atoms with van der Waals surface area (Å²) < 4.78 is 0. The van der Waals surface area contributed by atoms with Crippen molar-refractivity contribution in [2.45, 2.75) is 82.2 Å². The normalized spacial score (nSPS) is 24.3. The average molecular weight is 475 g/mol. The highest BCUT2D eigenvalue weighted by Gasteiger charge is 2.40. The maximum absolute atomic E-state index is 13.6. The van der Waals surface area contributed by atoms with E-state index in [4.69, 9.17) is 0 Å². The van der Waals surface area contributed by atoms with Crippen LogP contribution in [-0.2, 0) is 11.3 Å². The second kappa shape index (κ2) is 10.4. The Kier molecular flexibility index (Phi) is 7.10. The summed E-state index contributed by atoms with van der Waals surface area (Å²) in [5.41, 5.74) is 4.08. The van der Waals surface area contributed by atoms with E-state index in [1.165, 1.54) is 36.8 Å². The minimum atomic E-state index is 0.00328. The van der Waals surface area contributed by atoms with Crippen LogP contribution in [0, 0.1) is 6.92 Å². The number of benzene rings is 2. The lowest BCUT2D eigenvalue weighted by Gasteiger charge is -2.44. The Balaban J connectivity index is 1.33. The quantitative estimate of drug-likeness (QED) is 0.533. The molecule has 2 aliphatic carbocycles. The van der Waals surface area contributed by atoms with Gasteiger partial charge in [0.25, 0.3) is 11.8 Å². The van der Waals surface area contributed by atoms with Gasteiger partial charge >= 0.3 is 0 Å². The van der Waals surface area contributed by atoms with Gasteiger partial charge in [-0.1, -0.05) is 67.6 Å². The molecular formula is C29H34N2O2S. The summed E-state index contributed by atoms with van der Waals surface area (Å²) in [4.78, 5) is 29.1. The van der Waals surface area contributed by atoms with E-state index in [1.54, 1.807) is 11.8 Å². The highest BCUT2D eigenvalue weighted by molar-refractivity contribution is 8.04. The van der Waals surface area contributed by atoms with Gasteiger partial charge in [0.1, 0.15) is 0 Å². The van der Waals surface area contributed by atoms with Crippen LogP contribution in [0.15, 0.2) is 53.4 Å². The molecule has 0 bridgehead atoms. The summed E-state index contributed by atoms with van der Waals surface area (Å²) in [6.45, 7) is 2.76. The summed E-state index contributed by atoms with van der Waals surface area (Å²) in [5, 5.41) is 3.61. The predicted octanol–water partition coefficient (Wildman–Crippen LogP) is 6.10. The molecule has 2 saturated carbocycles. The summed E-state index contributed by atoms with van der Waals surface area (Å²) in [6.07, 6.45) is 11.3. The van der Waals surface area contributed by atoms with E-state index in [1.807, 2.05) is 30.3 Å². The molecule has 3 aliphatic rings. The van der Waals surface area contributed by atoms with Gasteiger partial charge in [0.2, 0.25) is 0 Å². The van der Waals surface area contributed by atoms with Gasteiger partial charge in [0.05, 0.1) is 4.91 Å². The van der Waals surface area contributed by atoms with Crippen molar-refractivity contribution in [1.29, 1.82) is 0 Å². The van der Waals surface area contributed by atoms with Crippen molar-refractivity contribution < 1.29 is 9.59 Å². The Morgan fingerprint density at radius 1 is 0.971 bits per heavy atom. The van der Waals surface area contributed by atoms with Crippen LogP contribution < -0.4 is 5.32 Å². The van der Waals surface area contributed by atoms with Crippen LogP contribution >= 0.6 is 11.8 Å². The van der Waals surface area contributed by atoms with Crippen molar-refractivity contribution in [3.63, 3.8) is 0 Å². The van der Waals surface area contributed by atoms with Crippen LogP contribution in [0.1, 0.15) is 78.4 Å². The summed E-state index contributed by atoms with van der Waals surface area (Å²) in [5.74, 6) is 0.139. The first-order valence-electron chi connectivity index (χ1n) is 12.7. The summed E-state index contributed by atoms with van der Waals surface area (Å²) >= 11 is 1.76. The molecule has 1 saturated heterocycles. The molecule has 1 N–H and O–H groups in total. The van der Waals surface area contributed by atoms with Crippen LogP contribution in [0.25, 0.3) is 6.08 Å². The van der Waals surface area contributed by atoms with Gasteiger partial charge in [0, 0.05) is 29.4 Å². The van der Waals surface area contributed by atoms with E-state index in [9.17, 15) is 9.59 Å². The Hall–Kier alpha value is -2.53. The maximum Gasteiger partial charge on any atom is 0.260 e. The lowest BCUT2D eigenvalue weighted by atomic mass is 9.92. The van der Waals surface area contributed by atoms with E-state index in [2.05, 4.69) is 41.4 Å². The highest BCUT2D eigenvalue weighted by atomic mass is 32.2. The Labute approximate surface area is 207 Å². The average Bonchev–Trinajstić information content (AvgIpc) is 3.36. The van der Waals surface area contributed by atoms with E-state index in [-0.39, 0.29) is 11.8 Å². The third kappa shape index (κ3) is 5.25. The minimum Gasteiger partial charge on any atom is -0.349 e. The smallest absolute Gasteiger partial charge is 0.260 e. The SMILES string of the molecule is Cc1ccc(CN2C(=O)/C(=C\c3ccc(C(=O)NC4CCCC4)cc3)SC3CCCCC32)cc1. The molecule has 178 valence electrons. The van der Waals surface area contributed by atoms with Crippen LogP contribution in [0.4, 0.5) is 0 Å². The molecule has 0 spiro atoms.